The van der Waals surface area contributed by atoms with Crippen LogP contribution in [0.25, 0.3) is 33.3 Å². The summed E-state index contributed by atoms with van der Waals surface area (Å²) in [6, 6.07) is 12.9. The monoisotopic (exact) mass is 757 g/mol. The minimum Gasteiger partial charge on any atom is -0.464 e. The SMILES string of the molecule is CCn1c(-c2cccnc2[C@H](C)OC)c2c3cc(ccc31)-c1cc(cc(C(F)F)c1)C[C@H](NC(=O)CC(C)C)C(=O)N1CCC[C@H](N1)C(=O)OCC(C)(C)C2. The van der Waals surface area contributed by atoms with Crippen LogP contribution in [-0.4, -0.2) is 64.7 Å². The van der Waals surface area contributed by atoms with Gasteiger partial charge >= 0.3 is 5.97 Å². The second-order valence-electron chi connectivity index (χ2n) is 16.1. The van der Waals surface area contributed by atoms with Gasteiger partial charge in [-0.25, -0.2) is 14.2 Å². The molecule has 0 unspecified atom stereocenters. The molecule has 0 aliphatic carbocycles. The number of benzene rings is 2. The molecule has 2 aliphatic heterocycles. The lowest BCUT2D eigenvalue weighted by Crippen LogP contribution is -2.60. The third-order valence-electron chi connectivity index (χ3n) is 10.6. The molecule has 2 aliphatic rings. The number of rotatable bonds is 8. The Morgan fingerprint density at radius 3 is 2.60 bits per heavy atom. The predicted molar refractivity (Wildman–Crippen MR) is 208 cm³/mol. The topological polar surface area (TPSA) is 115 Å². The third-order valence-corrected chi connectivity index (χ3v) is 10.6. The van der Waals surface area contributed by atoms with Crippen molar-refractivity contribution in [2.24, 2.45) is 11.3 Å². The first-order valence-electron chi connectivity index (χ1n) is 19.3. The van der Waals surface area contributed by atoms with E-state index in [1.807, 2.05) is 57.2 Å². The molecule has 6 rings (SSSR count). The lowest BCUT2D eigenvalue weighted by Gasteiger charge is -2.35. The number of fused-ring (bicyclic) bond motifs is 6. The Balaban J connectivity index is 1.58. The van der Waals surface area contributed by atoms with Gasteiger partial charge in [-0.2, -0.15) is 0 Å². The molecule has 3 atom stereocenters. The molecule has 12 heteroatoms. The van der Waals surface area contributed by atoms with Gasteiger partial charge in [0, 0.05) is 66.7 Å². The minimum absolute atomic E-state index is 0.0248. The van der Waals surface area contributed by atoms with Crippen LogP contribution in [-0.2, 0) is 43.2 Å². The number of alkyl halides is 2. The highest BCUT2D eigenvalue weighted by Crippen LogP contribution is 2.42. The number of ether oxygens (including phenoxy) is 2. The molecule has 294 valence electrons. The average molecular weight is 758 g/mol. The molecular weight excluding hydrogens is 704 g/mol. The molecule has 0 radical (unpaired) electrons. The highest BCUT2D eigenvalue weighted by atomic mass is 19.3. The zero-order valence-corrected chi connectivity index (χ0v) is 32.9. The summed E-state index contributed by atoms with van der Waals surface area (Å²) in [6.07, 6.45) is 0.376. The van der Waals surface area contributed by atoms with Crippen LogP contribution in [0.5, 0.6) is 0 Å². The zero-order chi connectivity index (χ0) is 39.6. The number of hydrogen-bond acceptors (Lipinski definition) is 7. The number of pyridine rings is 1. The number of halogens is 2. The fourth-order valence-corrected chi connectivity index (χ4v) is 7.86. The summed E-state index contributed by atoms with van der Waals surface area (Å²) in [5, 5.41) is 5.19. The standard InChI is InChI=1S/C43H53F2N5O5/c1-8-49-36-14-13-28-22-32(36)33(39(49)31-11-9-15-46-38(31)26(4)54-7)23-43(5,6)24-55-42(53)34-12-10-16-50(48-34)41(52)35(47-37(51)17-25(2)3)20-27-18-29(28)21-30(19-27)40(44)45/h9,11,13-15,18-19,21-22,25-26,34-35,40,48H,8,10,12,16-17,20,23-24H2,1-7H3,(H,47,51)/t26-,34-,35-/m0/s1. The number of amides is 2. The van der Waals surface area contributed by atoms with Crippen molar-refractivity contribution in [2.45, 2.75) is 105 Å². The molecule has 0 saturated carbocycles. The number of cyclic esters (lactones) is 1. The van der Waals surface area contributed by atoms with E-state index in [1.165, 1.54) is 17.1 Å². The zero-order valence-electron chi connectivity index (χ0n) is 32.9. The van der Waals surface area contributed by atoms with Gasteiger partial charge < -0.3 is 19.4 Å². The lowest BCUT2D eigenvalue weighted by molar-refractivity contribution is -0.155. The summed E-state index contributed by atoms with van der Waals surface area (Å²) in [7, 11) is 1.65. The van der Waals surface area contributed by atoms with Crippen molar-refractivity contribution in [3.8, 4) is 22.4 Å². The van der Waals surface area contributed by atoms with Gasteiger partial charge in [-0.05, 0) is 91.6 Å². The number of hydrogen-bond donors (Lipinski definition) is 2. The summed E-state index contributed by atoms with van der Waals surface area (Å²) in [5.74, 6) is -1.20. The van der Waals surface area contributed by atoms with Crippen LogP contribution in [0.15, 0.2) is 54.7 Å². The Bertz CT molecular complexity index is 2060. The van der Waals surface area contributed by atoms with E-state index in [9.17, 15) is 23.2 Å². The van der Waals surface area contributed by atoms with Gasteiger partial charge in [-0.3, -0.25) is 24.4 Å². The lowest BCUT2D eigenvalue weighted by atomic mass is 9.84. The fourth-order valence-electron chi connectivity index (χ4n) is 7.86. The summed E-state index contributed by atoms with van der Waals surface area (Å²) in [4.78, 5) is 45.6. The maximum atomic E-state index is 14.6. The number of carbonyl (C=O) groups is 3. The molecule has 6 bridgehead atoms. The summed E-state index contributed by atoms with van der Waals surface area (Å²) in [6.45, 7) is 13.0. The van der Waals surface area contributed by atoms with E-state index in [0.29, 0.717) is 43.5 Å². The van der Waals surface area contributed by atoms with Gasteiger partial charge in [-0.15, -0.1) is 0 Å². The van der Waals surface area contributed by atoms with Gasteiger partial charge in [0.15, 0.2) is 0 Å². The minimum atomic E-state index is -2.77. The molecule has 55 heavy (non-hydrogen) atoms. The molecular formula is C43H53F2N5O5. The highest BCUT2D eigenvalue weighted by Gasteiger charge is 2.35. The smallest absolute Gasteiger partial charge is 0.324 e. The van der Waals surface area contributed by atoms with Crippen LogP contribution in [0.2, 0.25) is 0 Å². The summed E-state index contributed by atoms with van der Waals surface area (Å²) < 4.78 is 43.3. The molecule has 4 heterocycles. The van der Waals surface area contributed by atoms with E-state index in [0.717, 1.165) is 39.0 Å². The molecule has 10 nitrogen and oxygen atoms in total. The van der Waals surface area contributed by atoms with E-state index in [-0.39, 0.29) is 42.9 Å². The summed E-state index contributed by atoms with van der Waals surface area (Å²) in [5.41, 5.74) is 8.79. The van der Waals surface area contributed by atoms with E-state index in [2.05, 4.69) is 36.1 Å². The van der Waals surface area contributed by atoms with Crippen molar-refractivity contribution in [3.05, 3.63) is 77.1 Å². The third kappa shape index (κ3) is 8.75. The molecule has 2 amide bonds. The Morgan fingerprint density at radius 2 is 1.89 bits per heavy atom. The maximum absolute atomic E-state index is 14.6. The Hall–Kier alpha value is -4.68. The van der Waals surface area contributed by atoms with Gasteiger partial charge in [0.05, 0.1) is 24.1 Å². The van der Waals surface area contributed by atoms with E-state index < -0.39 is 35.8 Å². The molecule has 1 fully saturated rings. The van der Waals surface area contributed by atoms with E-state index in [4.69, 9.17) is 14.5 Å². The van der Waals surface area contributed by atoms with Crippen molar-refractivity contribution in [2.75, 3.05) is 20.3 Å². The van der Waals surface area contributed by atoms with Gasteiger partial charge in [0.25, 0.3) is 12.3 Å². The Kier molecular flexibility index (Phi) is 12.1. The van der Waals surface area contributed by atoms with E-state index in [1.54, 1.807) is 13.3 Å². The Morgan fingerprint density at radius 1 is 1.11 bits per heavy atom. The van der Waals surface area contributed by atoms with Crippen LogP contribution in [0, 0.1) is 11.3 Å². The second-order valence-corrected chi connectivity index (χ2v) is 16.1. The molecule has 2 aromatic heterocycles. The van der Waals surface area contributed by atoms with Crippen molar-refractivity contribution < 1.29 is 32.6 Å². The fraction of sp³-hybridized carbons (Fsp3) is 0.488. The van der Waals surface area contributed by atoms with Gasteiger partial charge in [0.2, 0.25) is 5.91 Å². The predicted octanol–water partition coefficient (Wildman–Crippen LogP) is 7.73. The number of nitrogens with zero attached hydrogens (tertiary/aromatic N) is 3. The molecule has 2 aromatic carbocycles. The highest BCUT2D eigenvalue weighted by molar-refractivity contribution is 5.95. The second kappa shape index (κ2) is 16.6. The average Bonchev–Trinajstić information content (AvgIpc) is 3.46. The largest absolute Gasteiger partial charge is 0.464 e. The van der Waals surface area contributed by atoms with E-state index >= 15 is 0 Å². The maximum Gasteiger partial charge on any atom is 0.324 e. The van der Waals surface area contributed by atoms with Gasteiger partial charge in [0.1, 0.15) is 12.1 Å². The molecule has 4 aromatic rings. The normalized spacial score (nSPS) is 19.7. The van der Waals surface area contributed by atoms with Crippen LogP contribution in [0.1, 0.15) is 95.7 Å². The number of esters is 1. The summed E-state index contributed by atoms with van der Waals surface area (Å²) >= 11 is 0. The number of aromatic nitrogens is 2. The number of methoxy groups -OCH3 is 1. The first kappa shape index (κ1) is 40.0. The van der Waals surface area contributed by atoms with Gasteiger partial charge in [-0.1, -0.05) is 45.9 Å². The number of hydrazine groups is 1. The van der Waals surface area contributed by atoms with Crippen molar-refractivity contribution in [1.29, 1.82) is 0 Å². The van der Waals surface area contributed by atoms with Crippen molar-refractivity contribution in [3.63, 3.8) is 0 Å². The first-order chi connectivity index (χ1) is 26.2. The molecule has 2 N–H and O–H groups in total. The van der Waals surface area contributed by atoms with Crippen LogP contribution < -0.4 is 10.7 Å². The molecule has 0 spiro atoms. The quantitative estimate of drug-likeness (QED) is 0.177. The van der Waals surface area contributed by atoms with Crippen molar-refractivity contribution >= 4 is 28.7 Å². The Labute approximate surface area is 321 Å². The van der Waals surface area contributed by atoms with Crippen LogP contribution in [0.3, 0.4) is 0 Å². The molecule has 1 saturated heterocycles. The number of aryl methyl sites for hydroxylation is 1. The number of carbonyl (C=O) groups excluding carboxylic acids is 3. The first-order valence-corrected chi connectivity index (χ1v) is 19.3. The van der Waals surface area contributed by atoms with Crippen molar-refractivity contribution in [1.82, 2.24) is 25.3 Å². The van der Waals surface area contributed by atoms with Crippen LogP contribution in [0.4, 0.5) is 8.78 Å². The number of nitrogens with one attached hydrogen (secondary N) is 2. The van der Waals surface area contributed by atoms with Crippen LogP contribution >= 0.6 is 0 Å².